The first-order valence-electron chi connectivity index (χ1n) is 8.53. The van der Waals surface area contributed by atoms with E-state index in [1.165, 1.54) is 16.5 Å². The van der Waals surface area contributed by atoms with Crippen molar-refractivity contribution >= 4 is 10.9 Å². The molecule has 1 aromatic heterocycles. The molecule has 0 saturated carbocycles. The molecule has 5 rings (SSSR count). The lowest BCUT2D eigenvalue weighted by Crippen LogP contribution is -2.55. The molecule has 4 nitrogen and oxygen atoms in total. The summed E-state index contributed by atoms with van der Waals surface area (Å²) in [6.07, 6.45) is 3.34. The van der Waals surface area contributed by atoms with Crippen LogP contribution in [-0.2, 0) is 12.0 Å². The lowest BCUT2D eigenvalue weighted by molar-refractivity contribution is -0.0402. The Morgan fingerprint density at radius 1 is 1.35 bits per heavy atom. The van der Waals surface area contributed by atoms with Crippen molar-refractivity contribution in [3.63, 3.8) is 0 Å². The minimum atomic E-state index is -0.513. The van der Waals surface area contributed by atoms with E-state index in [0.717, 1.165) is 30.7 Å². The van der Waals surface area contributed by atoms with E-state index in [0.29, 0.717) is 6.42 Å². The molecule has 1 saturated heterocycles. The third kappa shape index (κ3) is 1.43. The van der Waals surface area contributed by atoms with Gasteiger partial charge in [-0.3, -0.25) is 4.90 Å². The first kappa shape index (κ1) is 13.8. The van der Waals surface area contributed by atoms with Crippen molar-refractivity contribution in [2.45, 2.75) is 31.5 Å². The van der Waals surface area contributed by atoms with Gasteiger partial charge < -0.3 is 14.8 Å². The summed E-state index contributed by atoms with van der Waals surface area (Å²) in [7, 11) is 0. The Balaban J connectivity index is 1.92. The van der Waals surface area contributed by atoms with Crippen molar-refractivity contribution in [1.82, 2.24) is 9.47 Å². The van der Waals surface area contributed by atoms with Crippen LogP contribution >= 0.6 is 0 Å². The maximum atomic E-state index is 10.9. The molecule has 1 aromatic carbocycles. The molecule has 3 aliphatic heterocycles. The van der Waals surface area contributed by atoms with E-state index in [9.17, 15) is 10.2 Å². The summed E-state index contributed by atoms with van der Waals surface area (Å²) in [4.78, 5) is 2.44. The summed E-state index contributed by atoms with van der Waals surface area (Å²) < 4.78 is 2.10. The summed E-state index contributed by atoms with van der Waals surface area (Å²) in [6.45, 7) is 4.09. The molecule has 2 N–H and O–H groups in total. The van der Waals surface area contributed by atoms with E-state index >= 15 is 0 Å². The highest BCUT2D eigenvalue weighted by Gasteiger charge is 2.59. The summed E-state index contributed by atoms with van der Waals surface area (Å²) in [5, 5.41) is 22.6. The summed E-state index contributed by atoms with van der Waals surface area (Å²) in [5.41, 5.74) is 4.60. The molecule has 23 heavy (non-hydrogen) atoms. The number of nitrogens with zero attached hydrogens (tertiary/aromatic N) is 2. The Bertz CT molecular complexity index is 837. The molecule has 0 amide bonds. The van der Waals surface area contributed by atoms with Crippen LogP contribution in [0.2, 0.25) is 0 Å². The van der Waals surface area contributed by atoms with Crippen LogP contribution in [0, 0.1) is 5.92 Å². The third-order valence-electron chi connectivity index (χ3n) is 6.38. The Kier molecular flexibility index (Phi) is 2.68. The van der Waals surface area contributed by atoms with E-state index in [2.05, 4.69) is 40.7 Å². The standard InChI is InChI=1S/C19H22N2O2/c1-2-12-10-20-8-7-14-13-5-3-4-6-16(13)21-17(23)9-15(12)19(20,11-22)18(14)21/h2-6,15,17,22-23H,7-11H2,1H3/b12-2-/t15-,17+,19+/m0/s1. The topological polar surface area (TPSA) is 48.6 Å². The first-order chi connectivity index (χ1) is 11.2. The number of aliphatic hydroxyl groups excluding tert-OH is 2. The minimum absolute atomic E-state index is 0.116. The average molecular weight is 310 g/mol. The second-order valence-electron chi connectivity index (χ2n) is 7.10. The van der Waals surface area contributed by atoms with Gasteiger partial charge in [-0.2, -0.15) is 0 Å². The number of hydrogen-bond acceptors (Lipinski definition) is 3. The van der Waals surface area contributed by atoms with Crippen LogP contribution in [0.4, 0.5) is 0 Å². The molecule has 0 aliphatic carbocycles. The van der Waals surface area contributed by atoms with Gasteiger partial charge in [0.1, 0.15) is 6.23 Å². The van der Waals surface area contributed by atoms with E-state index in [4.69, 9.17) is 0 Å². The van der Waals surface area contributed by atoms with Gasteiger partial charge in [0.15, 0.2) is 0 Å². The second-order valence-corrected chi connectivity index (χ2v) is 7.10. The quantitative estimate of drug-likeness (QED) is 0.794. The van der Waals surface area contributed by atoms with Crippen LogP contribution in [0.5, 0.6) is 0 Å². The van der Waals surface area contributed by atoms with Crippen LogP contribution < -0.4 is 0 Å². The molecule has 4 heteroatoms. The average Bonchev–Trinajstić information content (AvgIpc) is 3.08. The number of fused-ring (bicyclic) bond motifs is 3. The van der Waals surface area contributed by atoms with Crippen LogP contribution in [-0.4, -0.2) is 39.4 Å². The number of rotatable bonds is 1. The first-order valence-corrected chi connectivity index (χ1v) is 8.53. The molecule has 0 radical (unpaired) electrons. The van der Waals surface area contributed by atoms with Gasteiger partial charge in [0.2, 0.25) is 0 Å². The smallest absolute Gasteiger partial charge is 0.131 e. The van der Waals surface area contributed by atoms with Crippen molar-refractivity contribution in [2.75, 3.05) is 19.7 Å². The molecule has 4 heterocycles. The normalized spacial score (nSPS) is 34.3. The molecule has 1 fully saturated rings. The van der Waals surface area contributed by atoms with Crippen molar-refractivity contribution in [1.29, 1.82) is 0 Å². The highest BCUT2D eigenvalue weighted by molar-refractivity contribution is 5.87. The molecule has 3 atom stereocenters. The van der Waals surface area contributed by atoms with Crippen molar-refractivity contribution in [3.8, 4) is 0 Å². The largest absolute Gasteiger partial charge is 0.394 e. The van der Waals surface area contributed by atoms with Gasteiger partial charge >= 0.3 is 0 Å². The lowest BCUT2D eigenvalue weighted by atomic mass is 9.72. The molecule has 0 spiro atoms. The van der Waals surface area contributed by atoms with Gasteiger partial charge in [-0.25, -0.2) is 0 Å². The van der Waals surface area contributed by atoms with Crippen molar-refractivity contribution in [3.05, 3.63) is 47.2 Å². The van der Waals surface area contributed by atoms with Crippen LogP contribution in [0.3, 0.4) is 0 Å². The van der Waals surface area contributed by atoms with E-state index in [1.54, 1.807) is 0 Å². The number of benzene rings is 1. The predicted octanol–water partition coefficient (Wildman–Crippen LogP) is 2.16. The zero-order chi connectivity index (χ0) is 15.8. The monoisotopic (exact) mass is 310 g/mol. The van der Waals surface area contributed by atoms with Crippen LogP contribution in [0.25, 0.3) is 10.9 Å². The van der Waals surface area contributed by atoms with Gasteiger partial charge in [0, 0.05) is 36.5 Å². The Morgan fingerprint density at radius 2 is 2.17 bits per heavy atom. The molecular formula is C19H22N2O2. The zero-order valence-corrected chi connectivity index (χ0v) is 13.4. The minimum Gasteiger partial charge on any atom is -0.394 e. The Morgan fingerprint density at radius 3 is 2.96 bits per heavy atom. The maximum absolute atomic E-state index is 10.9. The molecule has 120 valence electrons. The molecule has 3 aliphatic rings. The molecular weight excluding hydrogens is 288 g/mol. The predicted molar refractivity (Wildman–Crippen MR) is 89.1 cm³/mol. The van der Waals surface area contributed by atoms with Gasteiger partial charge in [0.25, 0.3) is 0 Å². The van der Waals surface area contributed by atoms with Gasteiger partial charge in [-0.15, -0.1) is 0 Å². The molecule has 2 aromatic rings. The highest BCUT2D eigenvalue weighted by Crippen LogP contribution is 2.57. The maximum Gasteiger partial charge on any atom is 0.131 e. The highest BCUT2D eigenvalue weighted by atomic mass is 16.3. The SMILES string of the molecule is C/C=C1/CN2CCc3c4n(c5ccccc35)[C@H](O)C[C@@H]1[C@]42CO. The van der Waals surface area contributed by atoms with Gasteiger partial charge in [-0.1, -0.05) is 29.8 Å². The lowest BCUT2D eigenvalue weighted by Gasteiger charge is -2.49. The fourth-order valence-electron chi connectivity index (χ4n) is 5.44. The Labute approximate surface area is 135 Å². The van der Waals surface area contributed by atoms with E-state index < -0.39 is 6.23 Å². The summed E-state index contributed by atoms with van der Waals surface area (Å²) in [6, 6.07) is 8.35. The number of aromatic nitrogens is 1. The van der Waals surface area contributed by atoms with E-state index in [-0.39, 0.29) is 18.1 Å². The fourth-order valence-corrected chi connectivity index (χ4v) is 5.44. The summed E-state index contributed by atoms with van der Waals surface area (Å²) >= 11 is 0. The third-order valence-corrected chi connectivity index (χ3v) is 6.38. The molecule has 0 bridgehead atoms. The second kappa shape index (κ2) is 4.47. The number of hydrogen-bond donors (Lipinski definition) is 2. The number of aliphatic hydroxyl groups is 2. The summed E-state index contributed by atoms with van der Waals surface area (Å²) in [5.74, 6) is 0.211. The molecule has 0 unspecified atom stereocenters. The zero-order valence-electron chi connectivity index (χ0n) is 13.4. The fraction of sp³-hybridized carbons (Fsp3) is 0.474. The van der Waals surface area contributed by atoms with E-state index in [1.807, 2.05) is 6.07 Å². The number of allylic oxidation sites excluding steroid dienone is 1. The van der Waals surface area contributed by atoms with Gasteiger partial charge in [-0.05, 0) is 25.0 Å². The van der Waals surface area contributed by atoms with Crippen molar-refractivity contribution < 1.29 is 10.2 Å². The van der Waals surface area contributed by atoms with Crippen molar-refractivity contribution in [2.24, 2.45) is 5.92 Å². The van der Waals surface area contributed by atoms with Crippen LogP contribution in [0.15, 0.2) is 35.9 Å². The van der Waals surface area contributed by atoms with Crippen LogP contribution in [0.1, 0.15) is 30.8 Å². The van der Waals surface area contributed by atoms with Gasteiger partial charge in [0.05, 0.1) is 17.7 Å². The number of para-hydroxylation sites is 1. The Hall–Kier alpha value is -1.62.